The third-order valence-corrected chi connectivity index (χ3v) is 9.26. The predicted molar refractivity (Wildman–Crippen MR) is 176 cm³/mol. The minimum atomic E-state index is -0.682. The van der Waals surface area contributed by atoms with Crippen LogP contribution in [0.4, 0.5) is 0 Å². The summed E-state index contributed by atoms with van der Waals surface area (Å²) in [5.74, 6) is 0.0526. The first kappa shape index (κ1) is 27.8. The highest BCUT2D eigenvalue weighted by Crippen LogP contribution is 2.49. The summed E-state index contributed by atoms with van der Waals surface area (Å²) in [6.45, 7) is 1.92. The molecular formula is C32H18Cl6N4. The molecule has 0 bridgehead atoms. The van der Waals surface area contributed by atoms with Gasteiger partial charge in [-0.15, -0.1) is 0 Å². The Hall–Kier alpha value is -2.96. The smallest absolute Gasteiger partial charge is 0.220 e. The van der Waals surface area contributed by atoms with Crippen molar-refractivity contribution in [1.29, 1.82) is 0 Å². The van der Waals surface area contributed by atoms with Gasteiger partial charge < -0.3 is 0 Å². The second-order valence-corrected chi connectivity index (χ2v) is 12.4. The van der Waals surface area contributed by atoms with Crippen LogP contribution in [-0.4, -0.2) is 18.9 Å². The summed E-state index contributed by atoms with van der Waals surface area (Å²) >= 11 is 41.4. The zero-order chi connectivity index (χ0) is 29.3. The summed E-state index contributed by atoms with van der Waals surface area (Å²) in [6, 6.07) is 23.5. The number of para-hydroxylation sites is 4. The number of hydrogen-bond donors (Lipinski definition) is 0. The van der Waals surface area contributed by atoms with Crippen LogP contribution in [0.15, 0.2) is 85.2 Å². The lowest BCUT2D eigenvalue weighted by Crippen LogP contribution is -2.10. The van der Waals surface area contributed by atoms with E-state index in [-0.39, 0.29) is 0 Å². The van der Waals surface area contributed by atoms with Gasteiger partial charge in [0.25, 0.3) is 0 Å². The highest BCUT2D eigenvalue weighted by atomic mass is 35.5. The predicted octanol–water partition coefficient (Wildman–Crippen LogP) is 11.2. The van der Waals surface area contributed by atoms with E-state index in [1.165, 1.54) is 12.4 Å². The van der Waals surface area contributed by atoms with E-state index in [4.69, 9.17) is 74.6 Å². The first-order valence-corrected chi connectivity index (χ1v) is 15.1. The normalized spacial score (nSPS) is 12.5. The number of fused-ring (bicyclic) bond motifs is 5. The molecule has 7 rings (SSSR count). The number of benzene rings is 4. The Labute approximate surface area is 270 Å². The van der Waals surface area contributed by atoms with Crippen LogP contribution >= 0.6 is 69.6 Å². The zero-order valence-electron chi connectivity index (χ0n) is 21.7. The fourth-order valence-electron chi connectivity index (χ4n) is 5.70. The molecule has 0 radical (unpaired) electrons. The monoisotopic (exact) mass is 668 g/mol. The second kappa shape index (κ2) is 10.6. The fourth-order valence-corrected chi connectivity index (χ4v) is 7.79. The van der Waals surface area contributed by atoms with Crippen molar-refractivity contribution in [3.63, 3.8) is 0 Å². The quantitative estimate of drug-likeness (QED) is 0.187. The van der Waals surface area contributed by atoms with Crippen LogP contribution < -0.4 is 0 Å². The van der Waals surface area contributed by atoms with Crippen molar-refractivity contribution < 1.29 is 0 Å². The van der Waals surface area contributed by atoms with Gasteiger partial charge in [-0.2, -0.15) is 0 Å². The molecule has 10 heteroatoms. The molecule has 7 aromatic rings. The lowest BCUT2D eigenvalue weighted by molar-refractivity contribution is 0.967. The van der Waals surface area contributed by atoms with E-state index >= 15 is 0 Å². The minimum absolute atomic E-state index is 0.332. The number of nitrogens with zero attached hydrogens (tertiary/aromatic N) is 4. The SMILES string of the molecule is Cc1cc(Cl)c(C(c2c(Cl)cncc2Cl)c2c(Cl)cc(-n3c4ccccc4n4c5ccccc5nc34)cc2Cl)c(Cl)c1. The molecule has 0 aliphatic rings. The average Bonchev–Trinajstić information content (AvgIpc) is 3.46. The Kier molecular flexibility index (Phi) is 7.05. The van der Waals surface area contributed by atoms with Crippen molar-refractivity contribution in [3.8, 4) is 5.69 Å². The Morgan fingerprint density at radius 1 is 0.595 bits per heavy atom. The molecule has 0 saturated heterocycles. The molecule has 3 aromatic heterocycles. The molecule has 42 heavy (non-hydrogen) atoms. The van der Waals surface area contributed by atoms with Gasteiger partial charge in [0, 0.05) is 55.1 Å². The molecule has 1 unspecified atom stereocenters. The summed E-state index contributed by atoms with van der Waals surface area (Å²) in [7, 11) is 0. The maximum absolute atomic E-state index is 7.15. The maximum Gasteiger partial charge on any atom is 0.220 e. The van der Waals surface area contributed by atoms with Crippen molar-refractivity contribution >= 4 is 97.5 Å². The van der Waals surface area contributed by atoms with E-state index in [1.807, 2.05) is 72.2 Å². The average molecular weight is 671 g/mol. The molecular weight excluding hydrogens is 653 g/mol. The van der Waals surface area contributed by atoms with E-state index in [0.29, 0.717) is 46.8 Å². The number of pyridine rings is 1. The molecule has 3 heterocycles. The number of aryl methyl sites for hydroxylation is 1. The van der Waals surface area contributed by atoms with Gasteiger partial charge in [-0.25, -0.2) is 4.98 Å². The molecule has 208 valence electrons. The standard InChI is InChI=1S/C32H18Cl6N4/c1-16-10-18(33)28(19(34)11-16)31(30-22(37)14-39-15-23(30)38)29-20(35)12-17(13-21(29)36)41-26-8-4-5-9-27(26)42-25-7-3-2-6-24(25)40-32(41)42/h2-15,31H,1H3. The van der Waals surface area contributed by atoms with E-state index in [1.54, 1.807) is 0 Å². The molecule has 4 aromatic carbocycles. The lowest BCUT2D eigenvalue weighted by Gasteiger charge is -2.26. The molecule has 0 amide bonds. The van der Waals surface area contributed by atoms with Gasteiger partial charge in [0.2, 0.25) is 5.78 Å². The van der Waals surface area contributed by atoms with Crippen LogP contribution in [0.2, 0.25) is 30.1 Å². The molecule has 0 aliphatic carbocycles. The van der Waals surface area contributed by atoms with Gasteiger partial charge in [-0.05, 0) is 61.0 Å². The molecule has 0 spiro atoms. The zero-order valence-corrected chi connectivity index (χ0v) is 26.3. The number of imidazole rings is 2. The van der Waals surface area contributed by atoms with Gasteiger partial charge in [0.15, 0.2) is 0 Å². The molecule has 0 aliphatic heterocycles. The highest BCUT2D eigenvalue weighted by Gasteiger charge is 2.31. The van der Waals surface area contributed by atoms with Crippen molar-refractivity contribution in [2.24, 2.45) is 0 Å². The van der Waals surface area contributed by atoms with Crippen molar-refractivity contribution in [2.75, 3.05) is 0 Å². The summed E-state index contributed by atoms with van der Waals surface area (Å²) in [6.07, 6.45) is 3.04. The van der Waals surface area contributed by atoms with E-state index in [2.05, 4.69) is 21.5 Å². The third-order valence-electron chi connectivity index (χ3n) is 7.41. The van der Waals surface area contributed by atoms with Crippen LogP contribution in [-0.2, 0) is 0 Å². The molecule has 0 saturated carbocycles. The largest absolute Gasteiger partial charge is 0.278 e. The highest BCUT2D eigenvalue weighted by molar-refractivity contribution is 6.39. The van der Waals surface area contributed by atoms with Gasteiger partial charge >= 0.3 is 0 Å². The van der Waals surface area contributed by atoms with Crippen LogP contribution in [0.3, 0.4) is 0 Å². The van der Waals surface area contributed by atoms with Crippen molar-refractivity contribution in [2.45, 2.75) is 12.8 Å². The Bertz CT molecular complexity index is 2130. The van der Waals surface area contributed by atoms with E-state index < -0.39 is 5.92 Å². The van der Waals surface area contributed by atoms with Gasteiger partial charge in [-0.1, -0.05) is 93.9 Å². The molecule has 1 atom stereocenters. The number of rotatable bonds is 4. The van der Waals surface area contributed by atoms with Crippen LogP contribution in [0.25, 0.3) is 33.5 Å². The summed E-state index contributed by atoms with van der Waals surface area (Å²) in [4.78, 5) is 9.09. The van der Waals surface area contributed by atoms with Crippen molar-refractivity contribution in [1.82, 2.24) is 18.9 Å². The lowest BCUT2D eigenvalue weighted by atomic mass is 9.84. The van der Waals surface area contributed by atoms with Crippen molar-refractivity contribution in [3.05, 3.63) is 138 Å². The molecule has 4 nitrogen and oxygen atoms in total. The van der Waals surface area contributed by atoms with E-state index in [9.17, 15) is 0 Å². The first-order valence-electron chi connectivity index (χ1n) is 12.8. The summed E-state index contributed by atoms with van der Waals surface area (Å²) in [5.41, 5.74) is 7.18. The maximum atomic E-state index is 7.15. The summed E-state index contributed by atoms with van der Waals surface area (Å²) < 4.78 is 4.18. The second-order valence-electron chi connectivity index (χ2n) is 9.98. The Morgan fingerprint density at radius 3 is 1.71 bits per heavy atom. The van der Waals surface area contributed by atoms with E-state index in [0.717, 1.165) is 39.1 Å². The molecule has 0 N–H and O–H groups in total. The van der Waals surface area contributed by atoms with Crippen LogP contribution in [0.5, 0.6) is 0 Å². The number of halogens is 6. The van der Waals surface area contributed by atoms with Crippen LogP contribution in [0, 0.1) is 6.92 Å². The fraction of sp³-hybridized carbons (Fsp3) is 0.0625. The van der Waals surface area contributed by atoms with Gasteiger partial charge in [0.05, 0.1) is 37.8 Å². The topological polar surface area (TPSA) is 35.1 Å². The van der Waals surface area contributed by atoms with Crippen LogP contribution in [0.1, 0.15) is 28.2 Å². The Morgan fingerprint density at radius 2 is 1.10 bits per heavy atom. The minimum Gasteiger partial charge on any atom is -0.278 e. The molecule has 0 fully saturated rings. The first-order chi connectivity index (χ1) is 20.2. The summed E-state index contributed by atoms with van der Waals surface area (Å²) in [5, 5.41) is 2.30. The number of hydrogen-bond acceptors (Lipinski definition) is 2. The van der Waals surface area contributed by atoms with Gasteiger partial charge in [-0.3, -0.25) is 14.0 Å². The third kappa shape index (κ3) is 4.36. The van der Waals surface area contributed by atoms with Gasteiger partial charge in [0.1, 0.15) is 0 Å². The Balaban J connectivity index is 1.52. The number of aromatic nitrogens is 4.